The highest BCUT2D eigenvalue weighted by atomic mass is 19.1. The Morgan fingerprint density at radius 2 is 1.76 bits per heavy atom. The van der Waals surface area contributed by atoms with Crippen LogP contribution in [0.1, 0.15) is 98.9 Å². The molecule has 0 spiro atoms. The first-order valence-electron chi connectivity index (χ1n) is 13.5. The summed E-state index contributed by atoms with van der Waals surface area (Å²) in [6.45, 7) is 0.579. The van der Waals surface area contributed by atoms with Crippen molar-refractivity contribution < 1.29 is 23.8 Å². The van der Waals surface area contributed by atoms with E-state index in [1.165, 1.54) is 55.9 Å². The molecule has 4 bridgehead atoms. The third-order valence-corrected chi connectivity index (χ3v) is 9.36. The Labute approximate surface area is 201 Å². The number of nitrogens with zero attached hydrogens (tertiary/aromatic N) is 1. The highest BCUT2D eigenvalue weighted by molar-refractivity contribution is 5.98. The summed E-state index contributed by atoms with van der Waals surface area (Å²) in [4.78, 5) is 26.4. The zero-order valence-corrected chi connectivity index (χ0v) is 19.9. The second-order valence-corrected chi connectivity index (χ2v) is 11.8. The van der Waals surface area contributed by atoms with Gasteiger partial charge in [0.1, 0.15) is 17.6 Å². The SMILES string of the molecule is O=C(O)[C@@H]1C2CC(C2)N1C(=O)c1cc(C2CC2)c(OCCCC2CC3CCCC(C2)C3)cc1F. The highest BCUT2D eigenvalue weighted by Crippen LogP contribution is 2.49. The van der Waals surface area contributed by atoms with Gasteiger partial charge in [-0.25, -0.2) is 9.18 Å². The van der Waals surface area contributed by atoms with Crippen molar-refractivity contribution >= 4 is 11.9 Å². The van der Waals surface area contributed by atoms with Crippen molar-refractivity contribution in [3.8, 4) is 5.75 Å². The molecular formula is C28H36FNO4. The van der Waals surface area contributed by atoms with Crippen LogP contribution in [0.15, 0.2) is 12.1 Å². The second-order valence-electron chi connectivity index (χ2n) is 11.8. The van der Waals surface area contributed by atoms with E-state index in [9.17, 15) is 14.7 Å². The maximum atomic E-state index is 15.1. The number of benzene rings is 1. The van der Waals surface area contributed by atoms with Crippen LogP contribution in [0, 0.1) is 29.5 Å². The van der Waals surface area contributed by atoms with Gasteiger partial charge in [-0.15, -0.1) is 0 Å². The quantitative estimate of drug-likeness (QED) is 0.491. The molecule has 184 valence electrons. The molecule has 0 aromatic heterocycles. The fraction of sp³-hybridized carbons (Fsp3) is 0.714. The molecule has 6 heteroatoms. The van der Waals surface area contributed by atoms with Crippen molar-refractivity contribution in [1.82, 2.24) is 4.90 Å². The number of hydrogen-bond acceptors (Lipinski definition) is 3. The largest absolute Gasteiger partial charge is 0.493 e. The van der Waals surface area contributed by atoms with Crippen LogP contribution in [-0.4, -0.2) is 40.6 Å². The topological polar surface area (TPSA) is 66.8 Å². The molecule has 1 aromatic carbocycles. The molecule has 34 heavy (non-hydrogen) atoms. The number of fused-ring (bicyclic) bond motifs is 3. The molecule has 4 saturated carbocycles. The number of halogens is 1. The molecule has 1 amide bonds. The van der Waals surface area contributed by atoms with Crippen molar-refractivity contribution in [2.24, 2.45) is 23.7 Å². The average Bonchev–Trinajstić information content (AvgIpc) is 3.45. The molecule has 7 rings (SSSR count). The standard InChI is InChI=1S/C28H36FNO4/c29-24-15-25(34-8-2-5-18-10-16-3-1-4-17(9-16)11-18)22(19-6-7-19)14-23(24)27(31)30-21-12-20(13-21)26(30)28(32)33/h14-21,26H,1-13H2,(H,32,33)/t16?,17?,18?,20?,21?,26-/m0/s1. The Morgan fingerprint density at radius 1 is 1.03 bits per heavy atom. The van der Waals surface area contributed by atoms with E-state index in [0.717, 1.165) is 42.6 Å². The second kappa shape index (κ2) is 8.83. The van der Waals surface area contributed by atoms with Gasteiger partial charge >= 0.3 is 5.97 Å². The average molecular weight is 470 g/mol. The van der Waals surface area contributed by atoms with E-state index in [-0.39, 0.29) is 17.5 Å². The lowest BCUT2D eigenvalue weighted by Crippen LogP contribution is -2.41. The number of rotatable bonds is 8. The van der Waals surface area contributed by atoms with Crippen LogP contribution in [0.3, 0.4) is 0 Å². The minimum Gasteiger partial charge on any atom is -0.493 e. The summed E-state index contributed by atoms with van der Waals surface area (Å²) in [6, 6.07) is 2.14. The number of carbonyl (C=O) groups excluding carboxylic acids is 1. The Kier molecular flexibility index (Phi) is 5.81. The first-order chi connectivity index (χ1) is 16.5. The van der Waals surface area contributed by atoms with E-state index in [4.69, 9.17) is 4.74 Å². The van der Waals surface area contributed by atoms with E-state index in [0.29, 0.717) is 31.1 Å². The van der Waals surface area contributed by atoms with Gasteiger partial charge in [-0.2, -0.15) is 0 Å². The number of carbonyl (C=O) groups is 2. The molecule has 1 aromatic rings. The summed E-state index contributed by atoms with van der Waals surface area (Å²) in [5.41, 5.74) is 0.914. The molecule has 6 aliphatic rings. The zero-order chi connectivity index (χ0) is 23.4. The fourth-order valence-electron chi connectivity index (χ4n) is 7.55. The van der Waals surface area contributed by atoms with Gasteiger partial charge < -0.3 is 14.7 Å². The first-order valence-corrected chi connectivity index (χ1v) is 13.5. The molecule has 6 fully saturated rings. The van der Waals surface area contributed by atoms with Gasteiger partial charge in [0.25, 0.3) is 5.91 Å². The van der Waals surface area contributed by atoms with Gasteiger partial charge in [-0.1, -0.05) is 19.3 Å². The lowest BCUT2D eigenvalue weighted by molar-refractivity contribution is -0.141. The van der Waals surface area contributed by atoms with Gasteiger partial charge in [0.2, 0.25) is 0 Å². The Balaban J connectivity index is 1.11. The normalized spacial score (nSPS) is 34.0. The predicted octanol–water partition coefficient (Wildman–Crippen LogP) is 5.77. The van der Waals surface area contributed by atoms with E-state index in [1.54, 1.807) is 6.07 Å². The number of ether oxygens (including phenoxy) is 1. The lowest BCUT2D eigenvalue weighted by atomic mass is 9.67. The Morgan fingerprint density at radius 3 is 2.44 bits per heavy atom. The molecule has 2 saturated heterocycles. The van der Waals surface area contributed by atoms with Crippen LogP contribution in [0.2, 0.25) is 0 Å². The minimum atomic E-state index is -0.984. The van der Waals surface area contributed by atoms with Crippen molar-refractivity contribution in [3.63, 3.8) is 0 Å². The first kappa shape index (κ1) is 22.4. The summed E-state index contributed by atoms with van der Waals surface area (Å²) >= 11 is 0. The predicted molar refractivity (Wildman–Crippen MR) is 125 cm³/mol. The summed E-state index contributed by atoms with van der Waals surface area (Å²) in [5.74, 6) is 1.49. The van der Waals surface area contributed by atoms with E-state index < -0.39 is 23.7 Å². The number of carboxylic acid groups (broad SMARTS) is 1. The van der Waals surface area contributed by atoms with Gasteiger partial charge in [0, 0.05) is 12.1 Å². The molecule has 3 atom stereocenters. The maximum absolute atomic E-state index is 15.1. The van der Waals surface area contributed by atoms with Crippen LogP contribution in [0.25, 0.3) is 0 Å². The summed E-state index contributed by atoms with van der Waals surface area (Å²) in [6.07, 6.45) is 14.0. The maximum Gasteiger partial charge on any atom is 0.326 e. The van der Waals surface area contributed by atoms with Crippen molar-refractivity contribution in [2.45, 2.75) is 95.1 Å². The van der Waals surface area contributed by atoms with Crippen LogP contribution >= 0.6 is 0 Å². The van der Waals surface area contributed by atoms with E-state index in [1.807, 2.05) is 0 Å². The Hall–Kier alpha value is -2.11. The van der Waals surface area contributed by atoms with Crippen LogP contribution in [0.5, 0.6) is 5.75 Å². The molecule has 2 aliphatic heterocycles. The molecule has 1 N–H and O–H groups in total. The molecule has 5 nitrogen and oxygen atoms in total. The molecular weight excluding hydrogens is 433 g/mol. The minimum absolute atomic E-state index is 0.00166. The van der Waals surface area contributed by atoms with Gasteiger partial charge in [0.15, 0.2) is 0 Å². The van der Waals surface area contributed by atoms with E-state index in [2.05, 4.69) is 0 Å². The summed E-state index contributed by atoms with van der Waals surface area (Å²) in [7, 11) is 0. The third kappa shape index (κ3) is 4.11. The van der Waals surface area contributed by atoms with E-state index >= 15 is 4.39 Å². The van der Waals surface area contributed by atoms with Gasteiger partial charge in [-0.05, 0) is 99.0 Å². The number of carboxylic acids is 1. The molecule has 4 aliphatic carbocycles. The summed E-state index contributed by atoms with van der Waals surface area (Å²) < 4.78 is 21.2. The van der Waals surface area contributed by atoms with Crippen molar-refractivity contribution in [2.75, 3.05) is 6.61 Å². The van der Waals surface area contributed by atoms with Crippen LogP contribution in [-0.2, 0) is 4.79 Å². The van der Waals surface area contributed by atoms with Crippen LogP contribution < -0.4 is 4.74 Å². The zero-order valence-electron chi connectivity index (χ0n) is 19.9. The molecule has 2 unspecified atom stereocenters. The van der Waals surface area contributed by atoms with Crippen molar-refractivity contribution in [1.29, 1.82) is 0 Å². The van der Waals surface area contributed by atoms with Crippen LogP contribution in [0.4, 0.5) is 4.39 Å². The number of hydrogen-bond donors (Lipinski definition) is 1. The smallest absolute Gasteiger partial charge is 0.326 e. The van der Waals surface area contributed by atoms with Gasteiger partial charge in [0.05, 0.1) is 12.2 Å². The summed E-state index contributed by atoms with van der Waals surface area (Å²) in [5, 5.41) is 9.60. The Bertz CT molecular complexity index is 957. The van der Waals surface area contributed by atoms with Crippen molar-refractivity contribution in [3.05, 3.63) is 29.1 Å². The number of amides is 1. The monoisotopic (exact) mass is 469 g/mol. The van der Waals surface area contributed by atoms with Gasteiger partial charge in [-0.3, -0.25) is 4.79 Å². The highest BCUT2D eigenvalue weighted by Gasteiger charge is 2.56. The lowest BCUT2D eigenvalue weighted by Gasteiger charge is -2.39. The number of aliphatic carboxylic acids is 1. The molecule has 0 radical (unpaired) electrons. The fourth-order valence-corrected chi connectivity index (χ4v) is 7.55. The molecule has 2 heterocycles. The third-order valence-electron chi connectivity index (χ3n) is 9.36.